The van der Waals surface area contributed by atoms with E-state index < -0.39 is 0 Å². The molecule has 9 nitrogen and oxygen atoms in total. The summed E-state index contributed by atoms with van der Waals surface area (Å²) in [7, 11) is 0. The maximum atomic E-state index is 13.3. The summed E-state index contributed by atoms with van der Waals surface area (Å²) in [5.41, 5.74) is 6.96. The summed E-state index contributed by atoms with van der Waals surface area (Å²) < 4.78 is 1.75. The number of aromatic amines is 1. The van der Waals surface area contributed by atoms with E-state index in [2.05, 4.69) is 25.6 Å². The lowest BCUT2D eigenvalue weighted by molar-refractivity contribution is 0.252. The molecule has 1 atom stereocenters. The number of fused-ring (bicyclic) bond motifs is 1. The van der Waals surface area contributed by atoms with Crippen molar-refractivity contribution in [3.63, 3.8) is 0 Å². The molecule has 0 fully saturated rings. The van der Waals surface area contributed by atoms with Crippen molar-refractivity contribution >= 4 is 23.0 Å². The standard InChI is InChI=1S/C29H29N7O2/c1-5-30-29(38)35-28-33-25-15-21(14-22(27(25)34-28)24-11-8-9-17(2)32-24)20-13-18(3)36(26(37)16-20)19(4)23-10-6-7-12-31-23/h6-16,19H,5H2,1-4H3,(H3,30,33,34,35,38). The van der Waals surface area contributed by atoms with Crippen molar-refractivity contribution in [3.8, 4) is 22.4 Å². The van der Waals surface area contributed by atoms with Gasteiger partial charge in [-0.05, 0) is 81.3 Å². The van der Waals surface area contributed by atoms with Crippen LogP contribution < -0.4 is 16.2 Å². The van der Waals surface area contributed by atoms with Crippen molar-refractivity contribution < 1.29 is 4.79 Å². The van der Waals surface area contributed by atoms with Crippen LogP contribution in [0.4, 0.5) is 10.7 Å². The molecule has 1 unspecified atom stereocenters. The van der Waals surface area contributed by atoms with E-state index in [1.165, 1.54) is 0 Å². The van der Waals surface area contributed by atoms with Crippen LogP contribution in [0.5, 0.6) is 0 Å². The largest absolute Gasteiger partial charge is 0.338 e. The molecule has 0 aliphatic rings. The Bertz CT molecular complexity index is 1690. The number of aryl methyl sites for hydroxylation is 2. The number of benzene rings is 1. The van der Waals surface area contributed by atoms with Crippen molar-refractivity contribution in [3.05, 3.63) is 94.3 Å². The minimum absolute atomic E-state index is 0.114. The molecule has 4 aromatic heterocycles. The first-order valence-corrected chi connectivity index (χ1v) is 12.5. The number of amides is 2. The Balaban J connectivity index is 1.63. The topological polar surface area (TPSA) is 118 Å². The van der Waals surface area contributed by atoms with Gasteiger partial charge in [-0.3, -0.25) is 20.1 Å². The molecule has 2 amide bonds. The van der Waals surface area contributed by atoms with Gasteiger partial charge in [0, 0.05) is 35.8 Å². The van der Waals surface area contributed by atoms with Crippen molar-refractivity contribution in [2.45, 2.75) is 33.7 Å². The number of rotatable bonds is 6. The number of carbonyl (C=O) groups excluding carboxylic acids is 1. The first-order chi connectivity index (χ1) is 18.3. The lowest BCUT2D eigenvalue weighted by Gasteiger charge is -2.19. The number of nitrogens with one attached hydrogen (secondary N) is 3. The van der Waals surface area contributed by atoms with E-state index in [9.17, 15) is 9.59 Å². The van der Waals surface area contributed by atoms with Gasteiger partial charge in [-0.2, -0.15) is 0 Å². The number of hydrogen-bond donors (Lipinski definition) is 3. The van der Waals surface area contributed by atoms with E-state index in [0.717, 1.165) is 45.0 Å². The number of nitrogens with zero attached hydrogens (tertiary/aromatic N) is 4. The molecule has 4 heterocycles. The van der Waals surface area contributed by atoms with Gasteiger partial charge in [0.05, 0.1) is 28.5 Å². The first kappa shape index (κ1) is 24.9. The predicted molar refractivity (Wildman–Crippen MR) is 149 cm³/mol. The number of urea groups is 1. The highest BCUT2D eigenvalue weighted by Crippen LogP contribution is 2.33. The third-order valence-corrected chi connectivity index (χ3v) is 6.42. The molecule has 9 heteroatoms. The van der Waals surface area contributed by atoms with E-state index in [1.807, 2.05) is 82.3 Å². The highest BCUT2D eigenvalue weighted by atomic mass is 16.2. The second kappa shape index (κ2) is 10.3. The average Bonchev–Trinajstić information content (AvgIpc) is 3.30. The lowest BCUT2D eigenvalue weighted by Crippen LogP contribution is -2.28. The monoisotopic (exact) mass is 507 g/mol. The maximum absolute atomic E-state index is 13.3. The molecule has 5 rings (SSSR count). The van der Waals surface area contributed by atoms with Gasteiger partial charge in [-0.25, -0.2) is 9.78 Å². The van der Waals surface area contributed by atoms with Crippen LogP contribution in [-0.4, -0.2) is 37.1 Å². The van der Waals surface area contributed by atoms with E-state index in [1.54, 1.807) is 16.8 Å². The van der Waals surface area contributed by atoms with E-state index in [-0.39, 0.29) is 17.6 Å². The molecule has 192 valence electrons. The fourth-order valence-electron chi connectivity index (χ4n) is 4.67. The molecular formula is C29H29N7O2. The summed E-state index contributed by atoms with van der Waals surface area (Å²) in [6.45, 7) is 8.18. The highest BCUT2D eigenvalue weighted by Gasteiger charge is 2.18. The third kappa shape index (κ3) is 4.90. The number of imidazole rings is 1. The van der Waals surface area contributed by atoms with Crippen LogP contribution in [-0.2, 0) is 0 Å². The van der Waals surface area contributed by atoms with Gasteiger partial charge < -0.3 is 14.9 Å². The van der Waals surface area contributed by atoms with Crippen LogP contribution in [0.15, 0.2) is 71.7 Å². The van der Waals surface area contributed by atoms with Gasteiger partial charge in [-0.1, -0.05) is 12.1 Å². The minimum Gasteiger partial charge on any atom is -0.338 e. The Hall–Kier alpha value is -4.79. The van der Waals surface area contributed by atoms with Gasteiger partial charge in [0.2, 0.25) is 5.95 Å². The normalized spacial score (nSPS) is 11.9. The fraction of sp³-hybridized carbons (Fsp3) is 0.207. The summed E-state index contributed by atoms with van der Waals surface area (Å²) in [5, 5.41) is 5.44. The number of pyridine rings is 3. The van der Waals surface area contributed by atoms with Crippen molar-refractivity contribution in [2.24, 2.45) is 0 Å². The molecule has 5 aromatic rings. The minimum atomic E-state index is -0.344. The van der Waals surface area contributed by atoms with Crippen molar-refractivity contribution in [1.82, 2.24) is 29.8 Å². The Labute approximate surface area is 220 Å². The zero-order valence-electron chi connectivity index (χ0n) is 21.7. The average molecular weight is 508 g/mol. The van der Waals surface area contributed by atoms with Gasteiger partial charge in [-0.15, -0.1) is 0 Å². The molecule has 0 radical (unpaired) electrons. The van der Waals surface area contributed by atoms with Gasteiger partial charge in [0.1, 0.15) is 0 Å². The fourth-order valence-corrected chi connectivity index (χ4v) is 4.67. The Morgan fingerprint density at radius 2 is 1.84 bits per heavy atom. The lowest BCUT2D eigenvalue weighted by atomic mass is 9.99. The van der Waals surface area contributed by atoms with Crippen LogP contribution in [0.2, 0.25) is 0 Å². The number of aromatic nitrogens is 5. The number of carbonyl (C=O) groups is 1. The van der Waals surface area contributed by atoms with Crippen LogP contribution in [0.1, 0.15) is 37.0 Å². The molecule has 0 aliphatic heterocycles. The van der Waals surface area contributed by atoms with Gasteiger partial charge >= 0.3 is 6.03 Å². The van der Waals surface area contributed by atoms with Crippen molar-refractivity contribution in [1.29, 1.82) is 0 Å². The Kier molecular flexibility index (Phi) is 6.74. The van der Waals surface area contributed by atoms with Crippen LogP contribution in [0, 0.1) is 13.8 Å². The molecule has 1 aromatic carbocycles. The number of anilines is 1. The SMILES string of the molecule is CCNC(=O)Nc1nc2c(-c3cccc(C)n3)cc(-c3cc(C)n(C(C)c4ccccn4)c(=O)c3)cc2[nH]1. The summed E-state index contributed by atoms with van der Waals surface area (Å²) in [4.78, 5) is 42.4. The molecule has 0 saturated carbocycles. The Morgan fingerprint density at radius 3 is 2.55 bits per heavy atom. The molecule has 0 aliphatic carbocycles. The zero-order chi connectivity index (χ0) is 26.8. The smallest absolute Gasteiger partial charge is 0.321 e. The van der Waals surface area contributed by atoms with E-state index >= 15 is 0 Å². The highest BCUT2D eigenvalue weighted by molar-refractivity contribution is 5.98. The van der Waals surface area contributed by atoms with Crippen LogP contribution in [0.3, 0.4) is 0 Å². The summed E-state index contributed by atoms with van der Waals surface area (Å²) in [6, 6.07) is 18.5. The summed E-state index contributed by atoms with van der Waals surface area (Å²) in [5.74, 6) is 0.327. The molecule has 0 saturated heterocycles. The maximum Gasteiger partial charge on any atom is 0.321 e. The number of H-pyrrole nitrogens is 1. The molecule has 38 heavy (non-hydrogen) atoms. The molecule has 0 bridgehead atoms. The van der Waals surface area contributed by atoms with Gasteiger partial charge in [0.25, 0.3) is 5.56 Å². The second-order valence-corrected chi connectivity index (χ2v) is 9.18. The number of hydrogen-bond acceptors (Lipinski definition) is 5. The summed E-state index contributed by atoms with van der Waals surface area (Å²) in [6.07, 6.45) is 1.73. The zero-order valence-corrected chi connectivity index (χ0v) is 21.7. The third-order valence-electron chi connectivity index (χ3n) is 6.42. The molecule has 0 spiro atoms. The van der Waals surface area contributed by atoms with Crippen molar-refractivity contribution in [2.75, 3.05) is 11.9 Å². The first-order valence-electron chi connectivity index (χ1n) is 12.5. The van der Waals surface area contributed by atoms with Crippen LogP contribution >= 0.6 is 0 Å². The second-order valence-electron chi connectivity index (χ2n) is 9.18. The van der Waals surface area contributed by atoms with Crippen LogP contribution in [0.25, 0.3) is 33.4 Å². The molecular weight excluding hydrogens is 478 g/mol. The summed E-state index contributed by atoms with van der Waals surface area (Å²) >= 11 is 0. The van der Waals surface area contributed by atoms with Gasteiger partial charge in [0.15, 0.2) is 0 Å². The predicted octanol–water partition coefficient (Wildman–Crippen LogP) is 5.22. The molecule has 3 N–H and O–H groups in total. The van der Waals surface area contributed by atoms with E-state index in [0.29, 0.717) is 18.0 Å². The van der Waals surface area contributed by atoms with E-state index in [4.69, 9.17) is 4.98 Å². The Morgan fingerprint density at radius 1 is 1.03 bits per heavy atom. The quantitative estimate of drug-likeness (QED) is 0.291.